The Hall–Kier alpha value is -2.82. The molecule has 0 bridgehead atoms. The number of amides is 1. The van der Waals surface area contributed by atoms with Crippen LogP contribution in [-0.4, -0.2) is 19.0 Å². The Morgan fingerprint density at radius 2 is 1.73 bits per heavy atom. The first-order valence-corrected chi connectivity index (χ1v) is 6.91. The molecule has 5 heteroatoms. The lowest BCUT2D eigenvalue weighted by molar-refractivity contribution is -0.119. The van der Waals surface area contributed by atoms with Gasteiger partial charge in [-0.05, 0) is 29.7 Å². The standard InChI is InChI=1S/C17H19N3O2/c1-22-14-9-7-12(8-10-14)11-15(16(21)20-17(18)19)13-5-3-2-4-6-13/h2-10,15H,11H2,1H3,(H4,18,19,20,21). The number of hydrogen-bond donors (Lipinski definition) is 2. The Bertz CT molecular complexity index is 647. The average molecular weight is 297 g/mol. The zero-order chi connectivity index (χ0) is 15.9. The predicted octanol–water partition coefficient (Wildman–Crippen LogP) is 1.82. The van der Waals surface area contributed by atoms with Crippen LogP contribution in [0.2, 0.25) is 0 Å². The molecule has 5 nitrogen and oxygen atoms in total. The molecule has 2 rings (SSSR count). The highest BCUT2D eigenvalue weighted by molar-refractivity contribution is 5.95. The van der Waals surface area contributed by atoms with E-state index in [1.807, 2.05) is 54.6 Å². The summed E-state index contributed by atoms with van der Waals surface area (Å²) in [5.41, 5.74) is 12.6. The van der Waals surface area contributed by atoms with Crippen molar-refractivity contribution in [1.82, 2.24) is 0 Å². The van der Waals surface area contributed by atoms with Crippen molar-refractivity contribution in [2.45, 2.75) is 12.3 Å². The van der Waals surface area contributed by atoms with Gasteiger partial charge in [-0.3, -0.25) is 4.79 Å². The third-order valence-electron chi connectivity index (χ3n) is 3.34. The van der Waals surface area contributed by atoms with Crippen LogP contribution in [0, 0.1) is 0 Å². The van der Waals surface area contributed by atoms with Gasteiger partial charge in [0.1, 0.15) is 5.75 Å². The number of carbonyl (C=O) groups excluding carboxylic acids is 1. The van der Waals surface area contributed by atoms with Crippen LogP contribution in [0.15, 0.2) is 59.6 Å². The molecular weight excluding hydrogens is 278 g/mol. The predicted molar refractivity (Wildman–Crippen MR) is 86.7 cm³/mol. The fourth-order valence-corrected chi connectivity index (χ4v) is 2.24. The van der Waals surface area contributed by atoms with Crippen molar-refractivity contribution in [2.24, 2.45) is 16.5 Å². The van der Waals surface area contributed by atoms with E-state index >= 15 is 0 Å². The molecular formula is C17H19N3O2. The summed E-state index contributed by atoms with van der Waals surface area (Å²) < 4.78 is 5.14. The molecule has 0 aromatic heterocycles. The van der Waals surface area contributed by atoms with Gasteiger partial charge >= 0.3 is 0 Å². The van der Waals surface area contributed by atoms with Gasteiger partial charge < -0.3 is 16.2 Å². The van der Waals surface area contributed by atoms with Gasteiger partial charge in [0.15, 0.2) is 5.96 Å². The van der Waals surface area contributed by atoms with Gasteiger partial charge in [0.05, 0.1) is 13.0 Å². The number of ether oxygens (including phenoxy) is 1. The van der Waals surface area contributed by atoms with Crippen molar-refractivity contribution in [1.29, 1.82) is 0 Å². The molecule has 0 aliphatic carbocycles. The number of guanidine groups is 1. The van der Waals surface area contributed by atoms with Crippen LogP contribution in [0.4, 0.5) is 0 Å². The normalized spacial score (nSPS) is 11.5. The largest absolute Gasteiger partial charge is 0.497 e. The fourth-order valence-electron chi connectivity index (χ4n) is 2.24. The van der Waals surface area contributed by atoms with Gasteiger partial charge in [-0.15, -0.1) is 0 Å². The summed E-state index contributed by atoms with van der Waals surface area (Å²) in [6.07, 6.45) is 0.517. The van der Waals surface area contributed by atoms with Gasteiger partial charge in [0.25, 0.3) is 5.91 Å². The quantitative estimate of drug-likeness (QED) is 0.650. The third-order valence-corrected chi connectivity index (χ3v) is 3.34. The molecule has 2 aromatic rings. The highest BCUT2D eigenvalue weighted by atomic mass is 16.5. The highest BCUT2D eigenvalue weighted by Crippen LogP contribution is 2.23. The lowest BCUT2D eigenvalue weighted by Crippen LogP contribution is -2.26. The molecule has 1 unspecified atom stereocenters. The zero-order valence-corrected chi connectivity index (χ0v) is 12.4. The first kappa shape index (κ1) is 15.6. The number of methoxy groups -OCH3 is 1. The Kier molecular flexibility index (Phi) is 5.14. The maximum atomic E-state index is 12.3. The van der Waals surface area contributed by atoms with E-state index < -0.39 is 5.92 Å². The minimum Gasteiger partial charge on any atom is -0.497 e. The summed E-state index contributed by atoms with van der Waals surface area (Å²) >= 11 is 0. The van der Waals surface area contributed by atoms with Crippen LogP contribution in [0.1, 0.15) is 17.0 Å². The second-order valence-electron chi connectivity index (χ2n) is 4.89. The number of nitrogens with two attached hydrogens (primary N) is 2. The lowest BCUT2D eigenvalue weighted by atomic mass is 9.91. The molecule has 114 valence electrons. The number of benzene rings is 2. The Morgan fingerprint density at radius 1 is 1.09 bits per heavy atom. The molecule has 0 aliphatic heterocycles. The summed E-state index contributed by atoms with van der Waals surface area (Å²) in [4.78, 5) is 16.0. The Balaban J connectivity index is 2.28. The molecule has 1 atom stereocenters. The van der Waals surface area contributed by atoms with Crippen LogP contribution in [0.5, 0.6) is 5.75 Å². The maximum Gasteiger partial charge on any atom is 0.256 e. The molecule has 0 saturated heterocycles. The van der Waals surface area contributed by atoms with E-state index in [4.69, 9.17) is 16.2 Å². The molecule has 0 radical (unpaired) electrons. The lowest BCUT2D eigenvalue weighted by Gasteiger charge is -2.14. The monoisotopic (exact) mass is 297 g/mol. The molecule has 0 saturated carbocycles. The molecule has 0 aliphatic rings. The van der Waals surface area contributed by atoms with E-state index in [-0.39, 0.29) is 11.9 Å². The SMILES string of the molecule is COc1ccc(CC(C(=O)N=C(N)N)c2ccccc2)cc1. The van der Waals surface area contributed by atoms with E-state index in [2.05, 4.69) is 4.99 Å². The van der Waals surface area contributed by atoms with Crippen molar-refractivity contribution in [3.8, 4) is 5.75 Å². The topological polar surface area (TPSA) is 90.7 Å². The third kappa shape index (κ3) is 4.09. The number of rotatable bonds is 5. The molecule has 1 amide bonds. The smallest absolute Gasteiger partial charge is 0.256 e. The van der Waals surface area contributed by atoms with E-state index in [1.165, 1.54) is 0 Å². The van der Waals surface area contributed by atoms with Crippen molar-refractivity contribution in [3.63, 3.8) is 0 Å². The Morgan fingerprint density at radius 3 is 2.27 bits per heavy atom. The van der Waals surface area contributed by atoms with Crippen molar-refractivity contribution < 1.29 is 9.53 Å². The first-order chi connectivity index (χ1) is 10.6. The summed E-state index contributed by atoms with van der Waals surface area (Å²) in [7, 11) is 1.62. The summed E-state index contributed by atoms with van der Waals surface area (Å²) in [6.45, 7) is 0. The van der Waals surface area contributed by atoms with Crippen LogP contribution >= 0.6 is 0 Å². The number of aliphatic imine (C=N–C) groups is 1. The molecule has 0 fully saturated rings. The maximum absolute atomic E-state index is 12.3. The minimum atomic E-state index is -0.420. The second-order valence-corrected chi connectivity index (χ2v) is 4.89. The van der Waals surface area contributed by atoms with Gasteiger partial charge in [-0.25, -0.2) is 0 Å². The van der Waals surface area contributed by atoms with Gasteiger partial charge in [-0.1, -0.05) is 42.5 Å². The van der Waals surface area contributed by atoms with Gasteiger partial charge in [0, 0.05) is 0 Å². The van der Waals surface area contributed by atoms with Crippen molar-refractivity contribution >= 4 is 11.9 Å². The highest BCUT2D eigenvalue weighted by Gasteiger charge is 2.20. The van der Waals surface area contributed by atoms with E-state index in [1.54, 1.807) is 7.11 Å². The average Bonchev–Trinajstić information content (AvgIpc) is 2.53. The molecule has 4 N–H and O–H groups in total. The van der Waals surface area contributed by atoms with Crippen LogP contribution in [-0.2, 0) is 11.2 Å². The molecule has 0 spiro atoms. The summed E-state index contributed by atoms with van der Waals surface area (Å²) in [5, 5.41) is 0. The molecule has 22 heavy (non-hydrogen) atoms. The number of carbonyl (C=O) groups is 1. The van der Waals surface area contributed by atoms with Crippen LogP contribution < -0.4 is 16.2 Å². The van der Waals surface area contributed by atoms with E-state index in [0.29, 0.717) is 6.42 Å². The van der Waals surface area contributed by atoms with E-state index in [0.717, 1.165) is 16.9 Å². The fraction of sp³-hybridized carbons (Fsp3) is 0.176. The first-order valence-electron chi connectivity index (χ1n) is 6.91. The summed E-state index contributed by atoms with van der Waals surface area (Å²) in [5.74, 6) is -0.213. The Labute approximate surface area is 129 Å². The van der Waals surface area contributed by atoms with Crippen molar-refractivity contribution in [3.05, 3.63) is 65.7 Å². The second kappa shape index (κ2) is 7.26. The minimum absolute atomic E-state index is 0.222. The van der Waals surface area contributed by atoms with Crippen LogP contribution in [0.25, 0.3) is 0 Å². The van der Waals surface area contributed by atoms with Gasteiger partial charge in [-0.2, -0.15) is 4.99 Å². The molecule has 2 aromatic carbocycles. The van der Waals surface area contributed by atoms with Crippen molar-refractivity contribution in [2.75, 3.05) is 7.11 Å². The van der Waals surface area contributed by atoms with Crippen LogP contribution in [0.3, 0.4) is 0 Å². The zero-order valence-electron chi connectivity index (χ0n) is 12.4. The molecule has 0 heterocycles. The summed E-state index contributed by atoms with van der Waals surface area (Å²) in [6, 6.07) is 17.1. The van der Waals surface area contributed by atoms with Gasteiger partial charge in [0.2, 0.25) is 0 Å². The number of hydrogen-bond acceptors (Lipinski definition) is 2. The van der Waals surface area contributed by atoms with E-state index in [9.17, 15) is 4.79 Å². The number of nitrogens with zero attached hydrogens (tertiary/aromatic N) is 1.